The van der Waals surface area contributed by atoms with Gasteiger partial charge in [0.05, 0.1) is 11.8 Å². The van der Waals surface area contributed by atoms with Gasteiger partial charge in [0.1, 0.15) is 5.82 Å². The Morgan fingerprint density at radius 3 is 2.53 bits per heavy atom. The van der Waals surface area contributed by atoms with Crippen LogP contribution in [0.5, 0.6) is 0 Å². The van der Waals surface area contributed by atoms with Crippen molar-refractivity contribution in [3.05, 3.63) is 29.6 Å². The summed E-state index contributed by atoms with van der Waals surface area (Å²) in [5, 5.41) is 3.33. The normalized spacial score (nSPS) is 24.6. The van der Waals surface area contributed by atoms with E-state index in [1.807, 2.05) is 13.0 Å². The van der Waals surface area contributed by atoms with Gasteiger partial charge < -0.3 is 10.1 Å². The number of nitrogens with one attached hydrogen (secondary N) is 1. The minimum Gasteiger partial charge on any atom is -0.381 e. The fraction of sp³-hybridized carbons (Fsp3) is 0.571. The molecule has 0 spiro atoms. The molecule has 1 aromatic rings. The molecule has 0 radical (unpaired) electrons. The maximum Gasteiger partial charge on any atom is 0.146 e. The molecule has 0 bridgehead atoms. The number of methoxy groups -OCH3 is 1. The molecule has 0 aliphatic heterocycles. The minimum absolute atomic E-state index is 0.154. The number of halogens is 1. The molecule has 2 rings (SSSR count). The second-order valence-electron chi connectivity index (χ2n) is 4.79. The van der Waals surface area contributed by atoms with Gasteiger partial charge in [-0.2, -0.15) is 0 Å². The molecule has 0 heterocycles. The molecule has 0 saturated heterocycles. The summed E-state index contributed by atoms with van der Waals surface area (Å²) in [7, 11) is 1.76. The first-order chi connectivity index (χ1) is 8.20. The predicted octanol–water partition coefficient (Wildman–Crippen LogP) is 3.50. The Morgan fingerprint density at radius 2 is 1.94 bits per heavy atom. The first-order valence-corrected chi connectivity index (χ1v) is 6.25. The lowest BCUT2D eigenvalue weighted by molar-refractivity contribution is 0.0681. The topological polar surface area (TPSA) is 21.3 Å². The van der Waals surface area contributed by atoms with E-state index in [2.05, 4.69) is 5.32 Å². The first-order valence-electron chi connectivity index (χ1n) is 6.25. The van der Waals surface area contributed by atoms with Gasteiger partial charge in [0, 0.05) is 13.2 Å². The number of benzene rings is 1. The smallest absolute Gasteiger partial charge is 0.146 e. The zero-order valence-electron chi connectivity index (χ0n) is 10.5. The standard InChI is InChI=1S/C14H20FNO/c1-10-4-3-5-13(15)14(10)16-11-6-8-12(17-2)9-7-11/h3-5,11-12,16H,6-9H2,1-2H3. The minimum atomic E-state index is -0.154. The van der Waals surface area contributed by atoms with Crippen LogP contribution in [0.4, 0.5) is 10.1 Å². The van der Waals surface area contributed by atoms with Crippen LogP contribution in [0, 0.1) is 12.7 Å². The zero-order valence-corrected chi connectivity index (χ0v) is 10.5. The maximum absolute atomic E-state index is 13.7. The summed E-state index contributed by atoms with van der Waals surface area (Å²) in [6.07, 6.45) is 4.59. The van der Waals surface area contributed by atoms with E-state index in [0.29, 0.717) is 17.8 Å². The highest BCUT2D eigenvalue weighted by atomic mass is 19.1. The van der Waals surface area contributed by atoms with E-state index in [-0.39, 0.29) is 5.82 Å². The molecule has 0 amide bonds. The monoisotopic (exact) mass is 237 g/mol. The summed E-state index contributed by atoms with van der Waals surface area (Å²) in [5.41, 5.74) is 1.63. The van der Waals surface area contributed by atoms with Crippen LogP contribution in [0.2, 0.25) is 0 Å². The van der Waals surface area contributed by atoms with Crippen LogP contribution in [0.15, 0.2) is 18.2 Å². The van der Waals surface area contributed by atoms with Crippen LogP contribution in [0.1, 0.15) is 31.2 Å². The molecule has 0 unspecified atom stereocenters. The van der Waals surface area contributed by atoms with Crippen molar-refractivity contribution in [2.24, 2.45) is 0 Å². The van der Waals surface area contributed by atoms with E-state index in [4.69, 9.17) is 4.74 Å². The van der Waals surface area contributed by atoms with Crippen molar-refractivity contribution >= 4 is 5.69 Å². The van der Waals surface area contributed by atoms with Crippen molar-refractivity contribution in [1.82, 2.24) is 0 Å². The third-order valence-corrected chi connectivity index (χ3v) is 3.58. The van der Waals surface area contributed by atoms with Gasteiger partial charge in [-0.05, 0) is 44.2 Å². The number of para-hydroxylation sites is 1. The Hall–Kier alpha value is -1.09. The molecule has 94 valence electrons. The van der Waals surface area contributed by atoms with Gasteiger partial charge in [-0.3, -0.25) is 0 Å². The quantitative estimate of drug-likeness (QED) is 0.868. The lowest BCUT2D eigenvalue weighted by Crippen LogP contribution is -2.29. The number of anilines is 1. The highest BCUT2D eigenvalue weighted by Crippen LogP contribution is 2.26. The second kappa shape index (κ2) is 5.50. The highest BCUT2D eigenvalue weighted by molar-refractivity contribution is 5.52. The van der Waals surface area contributed by atoms with E-state index in [9.17, 15) is 4.39 Å². The molecule has 17 heavy (non-hydrogen) atoms. The Kier molecular flexibility index (Phi) is 4.00. The van der Waals surface area contributed by atoms with E-state index < -0.39 is 0 Å². The van der Waals surface area contributed by atoms with Crippen LogP contribution in [-0.2, 0) is 4.74 Å². The summed E-state index contributed by atoms with van der Waals surface area (Å²) in [6.45, 7) is 1.94. The summed E-state index contributed by atoms with van der Waals surface area (Å²) in [5.74, 6) is -0.154. The van der Waals surface area contributed by atoms with Crippen molar-refractivity contribution in [3.8, 4) is 0 Å². The van der Waals surface area contributed by atoms with E-state index >= 15 is 0 Å². The van der Waals surface area contributed by atoms with Gasteiger partial charge in [0.2, 0.25) is 0 Å². The lowest BCUT2D eigenvalue weighted by Gasteiger charge is -2.29. The fourth-order valence-electron chi connectivity index (χ4n) is 2.46. The number of rotatable bonds is 3. The van der Waals surface area contributed by atoms with Gasteiger partial charge in [-0.15, -0.1) is 0 Å². The molecular weight excluding hydrogens is 217 g/mol. The third-order valence-electron chi connectivity index (χ3n) is 3.58. The number of hydrogen-bond acceptors (Lipinski definition) is 2. The highest BCUT2D eigenvalue weighted by Gasteiger charge is 2.21. The van der Waals surface area contributed by atoms with E-state index in [0.717, 1.165) is 31.2 Å². The Balaban J connectivity index is 1.98. The molecule has 1 saturated carbocycles. The van der Waals surface area contributed by atoms with Crippen LogP contribution in [0.25, 0.3) is 0 Å². The van der Waals surface area contributed by atoms with Gasteiger partial charge in [-0.25, -0.2) is 4.39 Å². The number of aryl methyl sites for hydroxylation is 1. The SMILES string of the molecule is COC1CCC(Nc2c(C)cccc2F)CC1. The maximum atomic E-state index is 13.7. The second-order valence-corrected chi connectivity index (χ2v) is 4.79. The lowest BCUT2D eigenvalue weighted by atomic mass is 9.92. The first kappa shape index (κ1) is 12.4. The Labute approximate surface area is 102 Å². The molecule has 1 aliphatic carbocycles. The summed E-state index contributed by atoms with van der Waals surface area (Å²) in [6, 6.07) is 5.57. The molecule has 2 nitrogen and oxygen atoms in total. The van der Waals surface area contributed by atoms with Crippen molar-refractivity contribution in [2.75, 3.05) is 12.4 Å². The molecule has 0 aromatic heterocycles. The van der Waals surface area contributed by atoms with Gasteiger partial charge >= 0.3 is 0 Å². The van der Waals surface area contributed by atoms with Gasteiger partial charge in [0.25, 0.3) is 0 Å². The summed E-state index contributed by atoms with van der Waals surface area (Å²) >= 11 is 0. The van der Waals surface area contributed by atoms with Crippen LogP contribution < -0.4 is 5.32 Å². The van der Waals surface area contributed by atoms with Crippen molar-refractivity contribution in [2.45, 2.75) is 44.8 Å². The molecule has 1 aromatic carbocycles. The van der Waals surface area contributed by atoms with E-state index in [1.165, 1.54) is 6.07 Å². The zero-order chi connectivity index (χ0) is 12.3. The summed E-state index contributed by atoms with van der Waals surface area (Å²) in [4.78, 5) is 0. The number of ether oxygens (including phenoxy) is 1. The average Bonchev–Trinajstić information content (AvgIpc) is 2.35. The largest absolute Gasteiger partial charge is 0.381 e. The molecule has 0 atom stereocenters. The van der Waals surface area contributed by atoms with Gasteiger partial charge in [-0.1, -0.05) is 12.1 Å². The fourth-order valence-corrected chi connectivity index (χ4v) is 2.46. The summed E-state index contributed by atoms with van der Waals surface area (Å²) < 4.78 is 19.0. The molecule has 1 fully saturated rings. The van der Waals surface area contributed by atoms with E-state index in [1.54, 1.807) is 13.2 Å². The van der Waals surface area contributed by atoms with Crippen molar-refractivity contribution in [1.29, 1.82) is 0 Å². The van der Waals surface area contributed by atoms with Crippen LogP contribution in [0.3, 0.4) is 0 Å². The predicted molar refractivity (Wildman–Crippen MR) is 67.8 cm³/mol. The van der Waals surface area contributed by atoms with Crippen LogP contribution >= 0.6 is 0 Å². The molecular formula is C14H20FNO. The van der Waals surface area contributed by atoms with Crippen molar-refractivity contribution in [3.63, 3.8) is 0 Å². The average molecular weight is 237 g/mol. The third kappa shape index (κ3) is 2.97. The van der Waals surface area contributed by atoms with Crippen molar-refractivity contribution < 1.29 is 9.13 Å². The Morgan fingerprint density at radius 1 is 1.24 bits per heavy atom. The van der Waals surface area contributed by atoms with Crippen LogP contribution in [-0.4, -0.2) is 19.3 Å². The Bertz CT molecular complexity index is 352. The van der Waals surface area contributed by atoms with Gasteiger partial charge in [0.15, 0.2) is 0 Å². The number of hydrogen-bond donors (Lipinski definition) is 1. The molecule has 1 aliphatic rings. The molecule has 3 heteroatoms. The molecule has 1 N–H and O–H groups in total.